The van der Waals surface area contributed by atoms with E-state index < -0.39 is 0 Å². The lowest BCUT2D eigenvalue weighted by molar-refractivity contribution is 0.0958. The third-order valence-corrected chi connectivity index (χ3v) is 3.19. The number of carbonyl (C=O) groups excluding carboxylic acids is 2. The van der Waals surface area contributed by atoms with Gasteiger partial charge in [-0.15, -0.1) is 6.58 Å². The second-order valence-corrected chi connectivity index (χ2v) is 5.15. The number of nitrogens with one attached hydrogen (secondary N) is 3. The fourth-order valence-electron chi connectivity index (χ4n) is 2.02. The molecule has 0 unspecified atom stereocenters. The Labute approximate surface area is 141 Å². The molecule has 0 radical (unpaired) electrons. The van der Waals surface area contributed by atoms with E-state index in [2.05, 4.69) is 27.5 Å². The van der Waals surface area contributed by atoms with Gasteiger partial charge in [-0.2, -0.15) is 0 Å². The largest absolute Gasteiger partial charge is 0.349 e. The number of amides is 3. The van der Waals surface area contributed by atoms with Crippen molar-refractivity contribution in [3.05, 3.63) is 72.1 Å². The molecule has 0 bridgehead atoms. The first-order chi connectivity index (χ1) is 11.6. The van der Waals surface area contributed by atoms with Gasteiger partial charge in [0.2, 0.25) is 0 Å². The van der Waals surface area contributed by atoms with E-state index in [4.69, 9.17) is 0 Å². The minimum atomic E-state index is -0.331. The Bertz CT molecular complexity index is 726. The first-order valence-corrected chi connectivity index (χ1v) is 7.55. The van der Waals surface area contributed by atoms with Crippen LogP contribution in [-0.2, 0) is 6.54 Å². The molecule has 0 saturated carbocycles. The Kier molecular flexibility index (Phi) is 6.08. The molecule has 0 aliphatic carbocycles. The van der Waals surface area contributed by atoms with Gasteiger partial charge >= 0.3 is 6.03 Å². The minimum absolute atomic E-state index is 0.184. The third kappa shape index (κ3) is 5.24. The van der Waals surface area contributed by atoms with Gasteiger partial charge in [0.1, 0.15) is 0 Å². The van der Waals surface area contributed by atoms with Crippen LogP contribution in [0.15, 0.2) is 55.1 Å². The second kappa shape index (κ2) is 8.47. The van der Waals surface area contributed by atoms with Gasteiger partial charge in [0.05, 0.1) is 12.2 Å². The zero-order valence-electron chi connectivity index (χ0n) is 13.5. The molecule has 2 aromatic rings. The maximum Gasteiger partial charge on any atom is 0.319 e. The predicted molar refractivity (Wildman–Crippen MR) is 93.8 cm³/mol. The van der Waals surface area contributed by atoms with E-state index in [9.17, 15) is 9.59 Å². The number of nitrogens with zero attached hydrogens (tertiary/aromatic N) is 1. The maximum atomic E-state index is 11.9. The van der Waals surface area contributed by atoms with E-state index in [-0.39, 0.29) is 11.9 Å². The molecule has 0 aliphatic rings. The number of rotatable bonds is 6. The molecule has 0 atom stereocenters. The van der Waals surface area contributed by atoms with E-state index in [0.29, 0.717) is 24.3 Å². The molecule has 0 saturated heterocycles. The summed E-state index contributed by atoms with van der Waals surface area (Å²) in [5.41, 5.74) is 2.82. The third-order valence-electron chi connectivity index (χ3n) is 3.19. The Morgan fingerprint density at radius 2 is 1.88 bits per heavy atom. The number of aryl methyl sites for hydroxylation is 1. The Balaban J connectivity index is 1.85. The van der Waals surface area contributed by atoms with Crippen molar-refractivity contribution in [2.75, 3.05) is 11.9 Å². The summed E-state index contributed by atoms with van der Waals surface area (Å²) in [5.74, 6) is -0.184. The lowest BCUT2D eigenvalue weighted by Gasteiger charge is -2.08. The smallest absolute Gasteiger partial charge is 0.319 e. The van der Waals surface area contributed by atoms with E-state index in [1.165, 1.54) is 0 Å². The maximum absolute atomic E-state index is 11.9. The zero-order chi connectivity index (χ0) is 17.4. The van der Waals surface area contributed by atoms with E-state index >= 15 is 0 Å². The number of aromatic nitrogens is 1. The zero-order valence-corrected chi connectivity index (χ0v) is 13.5. The van der Waals surface area contributed by atoms with Crippen molar-refractivity contribution in [1.29, 1.82) is 0 Å². The van der Waals surface area contributed by atoms with Crippen molar-refractivity contribution in [2.24, 2.45) is 0 Å². The average Bonchev–Trinajstić information content (AvgIpc) is 2.58. The van der Waals surface area contributed by atoms with Crippen LogP contribution >= 0.6 is 0 Å². The van der Waals surface area contributed by atoms with Gasteiger partial charge in [-0.05, 0) is 43.3 Å². The van der Waals surface area contributed by atoms with Gasteiger partial charge < -0.3 is 16.0 Å². The van der Waals surface area contributed by atoms with Crippen LogP contribution in [0.4, 0.5) is 10.5 Å². The summed E-state index contributed by atoms with van der Waals surface area (Å²) in [6, 6.07) is 12.0. The summed E-state index contributed by atoms with van der Waals surface area (Å²) < 4.78 is 0. The second-order valence-electron chi connectivity index (χ2n) is 5.15. The predicted octanol–water partition coefficient (Wildman–Crippen LogP) is 2.63. The van der Waals surface area contributed by atoms with Gasteiger partial charge in [-0.25, -0.2) is 4.79 Å². The van der Waals surface area contributed by atoms with Gasteiger partial charge in [-0.3, -0.25) is 9.78 Å². The summed E-state index contributed by atoms with van der Waals surface area (Å²) in [7, 11) is 0. The van der Waals surface area contributed by atoms with E-state index in [1.807, 2.05) is 25.1 Å². The molecular weight excluding hydrogens is 304 g/mol. The van der Waals surface area contributed by atoms with Crippen molar-refractivity contribution in [3.8, 4) is 0 Å². The van der Waals surface area contributed by atoms with Crippen LogP contribution in [0.1, 0.15) is 21.7 Å². The summed E-state index contributed by atoms with van der Waals surface area (Å²) in [6.45, 7) is 6.20. The number of pyridine rings is 1. The molecule has 0 fully saturated rings. The highest BCUT2D eigenvalue weighted by atomic mass is 16.2. The molecule has 2 rings (SSSR count). The molecule has 6 heteroatoms. The monoisotopic (exact) mass is 324 g/mol. The van der Waals surface area contributed by atoms with Gasteiger partial charge in [0.15, 0.2) is 0 Å². The molecule has 0 spiro atoms. The number of urea groups is 1. The average molecular weight is 324 g/mol. The molecule has 3 N–H and O–H groups in total. The number of anilines is 1. The van der Waals surface area contributed by atoms with E-state index in [0.717, 1.165) is 11.4 Å². The Morgan fingerprint density at radius 3 is 2.54 bits per heavy atom. The quantitative estimate of drug-likeness (QED) is 0.714. The minimum Gasteiger partial charge on any atom is -0.349 e. The van der Waals surface area contributed by atoms with Crippen molar-refractivity contribution >= 4 is 17.6 Å². The SMILES string of the molecule is C=CCNC(=O)c1ccc(NC(=O)NCc2cccc(C)n2)cc1. The highest BCUT2D eigenvalue weighted by Gasteiger charge is 2.06. The lowest BCUT2D eigenvalue weighted by Crippen LogP contribution is -2.28. The van der Waals surface area contributed by atoms with Crippen LogP contribution in [0.3, 0.4) is 0 Å². The first kappa shape index (κ1) is 17.2. The first-order valence-electron chi connectivity index (χ1n) is 7.55. The molecular formula is C18H20N4O2. The van der Waals surface area contributed by atoms with E-state index in [1.54, 1.807) is 30.3 Å². The van der Waals surface area contributed by atoms with Crippen molar-refractivity contribution < 1.29 is 9.59 Å². The molecule has 6 nitrogen and oxygen atoms in total. The van der Waals surface area contributed by atoms with Gasteiger partial charge in [-0.1, -0.05) is 12.1 Å². The molecule has 1 aromatic carbocycles. The Hall–Kier alpha value is -3.15. The van der Waals surface area contributed by atoms with Crippen molar-refractivity contribution in [2.45, 2.75) is 13.5 Å². The molecule has 24 heavy (non-hydrogen) atoms. The normalized spacial score (nSPS) is 9.88. The molecule has 0 aliphatic heterocycles. The van der Waals surface area contributed by atoms with Crippen LogP contribution in [0.5, 0.6) is 0 Å². The fraction of sp³-hybridized carbons (Fsp3) is 0.167. The number of hydrogen-bond acceptors (Lipinski definition) is 3. The standard InChI is InChI=1S/C18H20N4O2/c1-3-11-19-17(23)14-7-9-15(10-8-14)22-18(24)20-12-16-6-4-5-13(2)21-16/h3-10H,1,11-12H2,2H3,(H,19,23)(H2,20,22,24). The van der Waals surface area contributed by atoms with Gasteiger partial charge in [0, 0.05) is 23.5 Å². The highest BCUT2D eigenvalue weighted by Crippen LogP contribution is 2.09. The van der Waals surface area contributed by atoms with Crippen LogP contribution in [0.2, 0.25) is 0 Å². The Morgan fingerprint density at radius 1 is 1.12 bits per heavy atom. The summed E-state index contributed by atoms with van der Waals surface area (Å²) in [4.78, 5) is 28.0. The molecule has 124 valence electrons. The summed E-state index contributed by atoms with van der Waals surface area (Å²) in [5, 5.41) is 8.14. The molecule has 3 amide bonds. The lowest BCUT2D eigenvalue weighted by atomic mass is 10.2. The molecule has 1 heterocycles. The highest BCUT2D eigenvalue weighted by molar-refractivity contribution is 5.95. The van der Waals surface area contributed by atoms with Crippen molar-refractivity contribution in [3.63, 3.8) is 0 Å². The number of carbonyl (C=O) groups is 2. The number of benzene rings is 1. The van der Waals surface area contributed by atoms with Crippen LogP contribution in [-0.4, -0.2) is 23.5 Å². The summed E-state index contributed by atoms with van der Waals surface area (Å²) in [6.07, 6.45) is 1.61. The topological polar surface area (TPSA) is 83.1 Å². The summed E-state index contributed by atoms with van der Waals surface area (Å²) >= 11 is 0. The van der Waals surface area contributed by atoms with Crippen molar-refractivity contribution in [1.82, 2.24) is 15.6 Å². The fourth-order valence-corrected chi connectivity index (χ4v) is 2.02. The molecule has 1 aromatic heterocycles. The number of hydrogen-bond donors (Lipinski definition) is 3. The van der Waals surface area contributed by atoms with Crippen LogP contribution in [0, 0.1) is 6.92 Å². The van der Waals surface area contributed by atoms with Crippen LogP contribution in [0.25, 0.3) is 0 Å². The van der Waals surface area contributed by atoms with Crippen LogP contribution < -0.4 is 16.0 Å². The van der Waals surface area contributed by atoms with Gasteiger partial charge in [0.25, 0.3) is 5.91 Å².